The van der Waals surface area contributed by atoms with Crippen LogP contribution in [-0.2, 0) is 13.6 Å². The Balaban J connectivity index is 1.87. The molecule has 0 bridgehead atoms. The lowest BCUT2D eigenvalue weighted by Crippen LogP contribution is -2.51. The lowest BCUT2D eigenvalue weighted by molar-refractivity contribution is 0.179. The number of carboxylic acid groups (broad SMARTS) is 1. The number of hydrogen-bond acceptors (Lipinski definition) is 4. The van der Waals surface area contributed by atoms with Crippen molar-refractivity contribution in [1.29, 1.82) is 0 Å². The van der Waals surface area contributed by atoms with E-state index < -0.39 is 11.9 Å². The second-order valence-corrected chi connectivity index (χ2v) is 6.38. The van der Waals surface area contributed by atoms with Crippen LogP contribution in [0, 0.1) is 5.82 Å². The zero-order valence-electron chi connectivity index (χ0n) is 14.0. The van der Waals surface area contributed by atoms with Gasteiger partial charge in [-0.1, -0.05) is 12.8 Å². The molecule has 2 aromatic rings. The molecule has 1 aliphatic rings. The summed E-state index contributed by atoms with van der Waals surface area (Å²) in [5.74, 6) is -0.486. The van der Waals surface area contributed by atoms with Crippen LogP contribution in [0.2, 0.25) is 0 Å². The minimum Gasteiger partial charge on any atom is -0.465 e. The molecule has 134 valence electrons. The molecule has 0 saturated heterocycles. The topological polar surface area (TPSA) is 96.3 Å². The van der Waals surface area contributed by atoms with E-state index in [0.717, 1.165) is 31.9 Å². The molecule has 1 fully saturated rings. The average molecular weight is 348 g/mol. The van der Waals surface area contributed by atoms with Crippen molar-refractivity contribution in [2.45, 2.75) is 44.3 Å². The van der Waals surface area contributed by atoms with Gasteiger partial charge in [-0.25, -0.2) is 9.18 Å². The first-order chi connectivity index (χ1) is 12.0. The Morgan fingerprint density at radius 2 is 2.08 bits per heavy atom. The maximum absolute atomic E-state index is 14.4. The maximum atomic E-state index is 14.4. The Morgan fingerprint density at radius 1 is 1.36 bits per heavy atom. The van der Waals surface area contributed by atoms with E-state index in [1.165, 1.54) is 10.6 Å². The van der Waals surface area contributed by atoms with Crippen LogP contribution in [0.3, 0.4) is 0 Å². The minimum absolute atomic E-state index is 0.0757. The molecule has 1 aliphatic carbocycles. The van der Waals surface area contributed by atoms with Gasteiger partial charge in [0, 0.05) is 37.3 Å². The summed E-state index contributed by atoms with van der Waals surface area (Å²) in [5.41, 5.74) is 1.14. The van der Waals surface area contributed by atoms with Gasteiger partial charge < -0.3 is 20.3 Å². The first-order valence-electron chi connectivity index (χ1n) is 8.33. The molecule has 2 atom stereocenters. The smallest absolute Gasteiger partial charge is 0.404 e. The van der Waals surface area contributed by atoms with E-state index in [9.17, 15) is 14.0 Å². The van der Waals surface area contributed by atoms with Crippen LogP contribution < -0.4 is 16.2 Å². The molecule has 0 radical (unpaired) electrons. The highest BCUT2D eigenvalue weighted by atomic mass is 19.1. The molecule has 2 heterocycles. The molecule has 0 aromatic carbocycles. The monoisotopic (exact) mass is 348 g/mol. The number of hydrogen-bond donors (Lipinski definition) is 3. The molecule has 0 spiro atoms. The molecule has 8 heteroatoms. The van der Waals surface area contributed by atoms with Crippen molar-refractivity contribution < 1.29 is 14.3 Å². The third-order valence-corrected chi connectivity index (χ3v) is 4.80. The van der Waals surface area contributed by atoms with Crippen LogP contribution in [0.5, 0.6) is 0 Å². The van der Waals surface area contributed by atoms with E-state index in [2.05, 4.69) is 15.6 Å². The number of fused-ring (bicyclic) bond motifs is 1. The van der Waals surface area contributed by atoms with Gasteiger partial charge in [0.05, 0.1) is 17.2 Å². The van der Waals surface area contributed by atoms with Gasteiger partial charge in [-0.15, -0.1) is 0 Å². The van der Waals surface area contributed by atoms with Gasteiger partial charge in [-0.2, -0.15) is 0 Å². The van der Waals surface area contributed by atoms with Gasteiger partial charge in [-0.3, -0.25) is 9.78 Å². The normalized spacial score (nSPS) is 20.6. The summed E-state index contributed by atoms with van der Waals surface area (Å²) in [6.07, 6.45) is 3.62. The second kappa shape index (κ2) is 7.18. The lowest BCUT2D eigenvalue weighted by Gasteiger charge is -2.32. The highest BCUT2D eigenvalue weighted by molar-refractivity contribution is 5.78. The van der Waals surface area contributed by atoms with E-state index in [1.807, 2.05) is 0 Å². The van der Waals surface area contributed by atoms with Crippen molar-refractivity contribution in [2.24, 2.45) is 7.05 Å². The maximum Gasteiger partial charge on any atom is 0.404 e. The minimum atomic E-state index is -1.05. The van der Waals surface area contributed by atoms with Gasteiger partial charge in [-0.05, 0) is 18.9 Å². The Morgan fingerprint density at radius 3 is 2.80 bits per heavy atom. The fourth-order valence-corrected chi connectivity index (χ4v) is 3.51. The van der Waals surface area contributed by atoms with E-state index >= 15 is 0 Å². The summed E-state index contributed by atoms with van der Waals surface area (Å²) >= 11 is 0. The molecule has 1 amide bonds. The standard InChI is InChI=1S/C17H21FN4O3/c1-22-15(23)7-6-14-16(22)10(11(18)9-20-14)8-19-12-4-2-3-5-13(12)21-17(24)25/h6-7,9,12-13,19,21H,2-5,8H2,1H3,(H,24,25). The number of halogens is 1. The number of nitrogens with one attached hydrogen (secondary N) is 2. The first-order valence-corrected chi connectivity index (χ1v) is 8.33. The number of carbonyl (C=O) groups is 1. The molecule has 2 aromatic heterocycles. The number of amides is 1. The van der Waals surface area contributed by atoms with Crippen LogP contribution in [0.1, 0.15) is 31.2 Å². The molecular formula is C17H21FN4O3. The van der Waals surface area contributed by atoms with Crippen molar-refractivity contribution in [1.82, 2.24) is 20.2 Å². The van der Waals surface area contributed by atoms with Crippen LogP contribution in [0.25, 0.3) is 11.0 Å². The average Bonchev–Trinajstić information content (AvgIpc) is 2.58. The van der Waals surface area contributed by atoms with Crippen molar-refractivity contribution in [3.05, 3.63) is 40.1 Å². The third kappa shape index (κ3) is 3.63. The number of aromatic nitrogens is 2. The summed E-state index contributed by atoms with van der Waals surface area (Å²) in [5, 5.41) is 14.8. The Hall–Kier alpha value is -2.48. The van der Waals surface area contributed by atoms with E-state index in [-0.39, 0.29) is 24.2 Å². The zero-order chi connectivity index (χ0) is 18.0. The zero-order valence-corrected chi connectivity index (χ0v) is 14.0. The Kier molecular flexibility index (Phi) is 4.98. The molecule has 25 heavy (non-hydrogen) atoms. The van der Waals surface area contributed by atoms with E-state index in [1.54, 1.807) is 13.1 Å². The molecular weight excluding hydrogens is 327 g/mol. The number of aryl methyl sites for hydroxylation is 1. The molecule has 7 nitrogen and oxygen atoms in total. The van der Waals surface area contributed by atoms with E-state index in [0.29, 0.717) is 16.6 Å². The van der Waals surface area contributed by atoms with Gasteiger partial charge in [0.25, 0.3) is 5.56 Å². The highest BCUT2D eigenvalue weighted by Crippen LogP contribution is 2.21. The van der Waals surface area contributed by atoms with Gasteiger partial charge >= 0.3 is 6.09 Å². The fourth-order valence-electron chi connectivity index (χ4n) is 3.51. The summed E-state index contributed by atoms with van der Waals surface area (Å²) in [7, 11) is 1.59. The molecule has 1 saturated carbocycles. The van der Waals surface area contributed by atoms with Crippen molar-refractivity contribution in [3.8, 4) is 0 Å². The summed E-state index contributed by atoms with van der Waals surface area (Å²) in [6, 6.07) is 2.70. The van der Waals surface area contributed by atoms with Crippen LogP contribution >= 0.6 is 0 Å². The van der Waals surface area contributed by atoms with Crippen molar-refractivity contribution >= 4 is 17.1 Å². The summed E-state index contributed by atoms with van der Waals surface area (Å²) < 4.78 is 15.8. The molecule has 3 rings (SSSR count). The van der Waals surface area contributed by atoms with Crippen molar-refractivity contribution in [3.63, 3.8) is 0 Å². The molecule has 0 aliphatic heterocycles. The van der Waals surface area contributed by atoms with Crippen LogP contribution in [0.4, 0.5) is 9.18 Å². The van der Waals surface area contributed by atoms with Crippen molar-refractivity contribution in [2.75, 3.05) is 0 Å². The largest absolute Gasteiger partial charge is 0.465 e. The Bertz CT molecular complexity index is 852. The second-order valence-electron chi connectivity index (χ2n) is 6.38. The summed E-state index contributed by atoms with van der Waals surface area (Å²) in [4.78, 5) is 26.9. The Labute approximate surface area is 143 Å². The van der Waals surface area contributed by atoms with Gasteiger partial charge in [0.2, 0.25) is 0 Å². The quantitative estimate of drug-likeness (QED) is 0.782. The van der Waals surface area contributed by atoms with Gasteiger partial charge in [0.15, 0.2) is 0 Å². The predicted molar refractivity (Wildman–Crippen MR) is 91.0 cm³/mol. The highest BCUT2D eigenvalue weighted by Gasteiger charge is 2.26. The van der Waals surface area contributed by atoms with Crippen LogP contribution in [-0.4, -0.2) is 32.8 Å². The molecule has 2 unspecified atom stereocenters. The number of pyridine rings is 2. The fraction of sp³-hybridized carbons (Fsp3) is 0.471. The first kappa shape index (κ1) is 17.3. The lowest BCUT2D eigenvalue weighted by atomic mass is 9.90. The predicted octanol–water partition coefficient (Wildman–Crippen LogP) is 1.74. The number of rotatable bonds is 4. The third-order valence-electron chi connectivity index (χ3n) is 4.80. The molecule has 3 N–H and O–H groups in total. The number of nitrogens with zero attached hydrogens (tertiary/aromatic N) is 2. The van der Waals surface area contributed by atoms with Gasteiger partial charge in [0.1, 0.15) is 5.82 Å². The van der Waals surface area contributed by atoms with Crippen LogP contribution in [0.15, 0.2) is 23.1 Å². The van der Waals surface area contributed by atoms with E-state index in [4.69, 9.17) is 5.11 Å². The summed E-state index contributed by atoms with van der Waals surface area (Å²) in [6.45, 7) is 0.199. The SMILES string of the molecule is Cn1c(=O)ccc2ncc(F)c(CNC3CCCCC3NC(=O)O)c21.